The van der Waals surface area contributed by atoms with Crippen LogP contribution in [0.1, 0.15) is 58.9 Å². The highest BCUT2D eigenvalue weighted by Crippen LogP contribution is 2.42. The Labute approximate surface area is 214 Å². The van der Waals surface area contributed by atoms with Gasteiger partial charge in [0.15, 0.2) is 5.78 Å². The number of aromatic nitrogens is 3. The first kappa shape index (κ1) is 22.2. The zero-order valence-electron chi connectivity index (χ0n) is 20.7. The molecule has 2 aromatic carbocycles. The lowest BCUT2D eigenvalue weighted by molar-refractivity contribution is -0.00570. The Morgan fingerprint density at radius 2 is 1.92 bits per heavy atom. The summed E-state index contributed by atoms with van der Waals surface area (Å²) in [6.07, 6.45) is 9.43. The topological polar surface area (TPSA) is 89.6 Å². The van der Waals surface area contributed by atoms with Gasteiger partial charge in [-0.2, -0.15) is 5.10 Å². The molecule has 188 valence electrons. The average molecular weight is 497 g/mol. The number of piperidine rings is 1. The maximum Gasteiger partial charge on any atom is 0.254 e. The van der Waals surface area contributed by atoms with Crippen LogP contribution in [0.2, 0.25) is 0 Å². The molecule has 1 aliphatic carbocycles. The van der Waals surface area contributed by atoms with E-state index in [0.29, 0.717) is 55.3 Å². The molecular formula is C29H28N4O4. The lowest BCUT2D eigenvalue weighted by atomic mass is 9.82. The Balaban J connectivity index is 1.09. The maximum atomic E-state index is 13.4. The SMILES string of the molecule is Cn1cc(-c2ccc3c(c2)C(=O)CC2(CCN(C(=O)c4cc(O)c5ccn(C6CC6)c5c4)CC2)O3)cn1. The smallest absolute Gasteiger partial charge is 0.254 e. The Morgan fingerprint density at radius 3 is 2.65 bits per heavy atom. The summed E-state index contributed by atoms with van der Waals surface area (Å²) in [7, 11) is 1.87. The van der Waals surface area contributed by atoms with E-state index >= 15 is 0 Å². The van der Waals surface area contributed by atoms with Crippen molar-refractivity contribution in [1.82, 2.24) is 19.2 Å². The Morgan fingerprint density at radius 1 is 1.11 bits per heavy atom. The van der Waals surface area contributed by atoms with Gasteiger partial charge in [-0.05, 0) is 48.7 Å². The number of ether oxygens (including phenoxy) is 1. The van der Waals surface area contributed by atoms with Crippen LogP contribution in [0.5, 0.6) is 11.5 Å². The van der Waals surface area contributed by atoms with Crippen LogP contribution in [0.25, 0.3) is 22.0 Å². The van der Waals surface area contributed by atoms with Gasteiger partial charge in [0, 0.05) is 67.9 Å². The molecule has 2 aromatic heterocycles. The maximum absolute atomic E-state index is 13.4. The molecule has 1 amide bonds. The third-order valence-electron chi connectivity index (χ3n) is 8.09. The van der Waals surface area contributed by atoms with Gasteiger partial charge >= 0.3 is 0 Å². The van der Waals surface area contributed by atoms with Crippen LogP contribution < -0.4 is 4.74 Å². The van der Waals surface area contributed by atoms with E-state index in [9.17, 15) is 14.7 Å². The second-order valence-corrected chi connectivity index (χ2v) is 10.7. The molecule has 3 aliphatic rings. The molecule has 1 saturated heterocycles. The van der Waals surface area contributed by atoms with Crippen molar-refractivity contribution in [2.75, 3.05) is 13.1 Å². The molecule has 1 N–H and O–H groups in total. The zero-order valence-corrected chi connectivity index (χ0v) is 20.7. The number of carbonyl (C=O) groups excluding carboxylic acids is 2. The normalized spacial score (nSPS) is 18.7. The molecule has 0 atom stereocenters. The van der Waals surface area contributed by atoms with Crippen LogP contribution >= 0.6 is 0 Å². The number of hydrogen-bond donors (Lipinski definition) is 1. The van der Waals surface area contributed by atoms with Crippen molar-refractivity contribution in [2.24, 2.45) is 7.05 Å². The Bertz CT molecular complexity index is 1570. The minimum atomic E-state index is -0.594. The predicted molar refractivity (Wildman–Crippen MR) is 138 cm³/mol. The number of phenols is 1. The number of nitrogens with zero attached hydrogens (tertiary/aromatic N) is 4. The third kappa shape index (κ3) is 3.70. The van der Waals surface area contributed by atoms with Crippen molar-refractivity contribution in [3.8, 4) is 22.6 Å². The fourth-order valence-electron chi connectivity index (χ4n) is 5.86. The summed E-state index contributed by atoms with van der Waals surface area (Å²) in [6.45, 7) is 0.995. The largest absolute Gasteiger partial charge is 0.507 e. The number of likely N-dealkylation sites (tertiary alicyclic amines) is 1. The van der Waals surface area contributed by atoms with E-state index in [-0.39, 0.29) is 17.4 Å². The summed E-state index contributed by atoms with van der Waals surface area (Å²) in [4.78, 5) is 28.4. The van der Waals surface area contributed by atoms with E-state index in [0.717, 1.165) is 34.9 Å². The number of aryl methyl sites for hydroxylation is 1. The molecule has 2 fully saturated rings. The second-order valence-electron chi connectivity index (χ2n) is 10.7. The third-order valence-corrected chi connectivity index (χ3v) is 8.09. The molecule has 4 aromatic rings. The number of carbonyl (C=O) groups is 2. The van der Waals surface area contributed by atoms with Gasteiger partial charge in [-0.15, -0.1) is 0 Å². The van der Waals surface area contributed by atoms with Gasteiger partial charge in [-0.25, -0.2) is 0 Å². The Kier molecular flexibility index (Phi) is 4.77. The fourth-order valence-corrected chi connectivity index (χ4v) is 5.86. The van der Waals surface area contributed by atoms with E-state index in [1.807, 2.05) is 54.7 Å². The van der Waals surface area contributed by atoms with E-state index in [4.69, 9.17) is 4.74 Å². The van der Waals surface area contributed by atoms with Crippen LogP contribution in [-0.4, -0.2) is 54.7 Å². The molecule has 7 rings (SSSR count). The number of phenolic OH excluding ortho intramolecular Hbond substituents is 1. The summed E-state index contributed by atoms with van der Waals surface area (Å²) in [6, 6.07) is 11.6. The van der Waals surface area contributed by atoms with Gasteiger partial charge < -0.3 is 19.3 Å². The molecule has 1 saturated carbocycles. The van der Waals surface area contributed by atoms with Gasteiger partial charge in [-0.3, -0.25) is 14.3 Å². The summed E-state index contributed by atoms with van der Waals surface area (Å²) in [5.41, 5.74) is 3.31. The summed E-state index contributed by atoms with van der Waals surface area (Å²) in [5.74, 6) is 0.722. The number of benzene rings is 2. The molecule has 8 heteroatoms. The van der Waals surface area contributed by atoms with Gasteiger partial charge in [0.05, 0.1) is 23.7 Å². The average Bonchev–Trinajstić information content (AvgIpc) is 3.49. The lowest BCUT2D eigenvalue weighted by Gasteiger charge is -2.44. The van der Waals surface area contributed by atoms with Crippen molar-refractivity contribution in [1.29, 1.82) is 0 Å². The number of hydrogen-bond acceptors (Lipinski definition) is 5. The van der Waals surface area contributed by atoms with E-state index < -0.39 is 5.60 Å². The first-order valence-corrected chi connectivity index (χ1v) is 12.9. The number of aromatic hydroxyl groups is 1. The molecule has 4 heterocycles. The van der Waals surface area contributed by atoms with Crippen LogP contribution in [-0.2, 0) is 7.05 Å². The molecule has 8 nitrogen and oxygen atoms in total. The van der Waals surface area contributed by atoms with Crippen molar-refractivity contribution in [2.45, 2.75) is 43.7 Å². The van der Waals surface area contributed by atoms with Crippen molar-refractivity contribution >= 4 is 22.6 Å². The summed E-state index contributed by atoms with van der Waals surface area (Å²) >= 11 is 0. The standard InChI is InChI=1S/C29H28N4O4/c1-31-17-20(16-30-31)18-2-5-27-23(12-18)26(35)15-29(37-27)7-10-32(11-8-29)28(36)19-13-24-22(25(34)14-19)6-9-33(24)21-3-4-21/h2,5-6,9,12-14,16-17,21,34H,3-4,7-8,10-11,15H2,1H3. The van der Waals surface area contributed by atoms with Crippen LogP contribution in [0.15, 0.2) is 55.0 Å². The molecule has 1 spiro atoms. The Hall–Kier alpha value is -4.07. The van der Waals surface area contributed by atoms with Gasteiger partial charge in [0.25, 0.3) is 5.91 Å². The number of fused-ring (bicyclic) bond motifs is 2. The number of Topliss-reactive ketones (excluding diaryl/α,β-unsaturated/α-hetero) is 1. The highest BCUT2D eigenvalue weighted by atomic mass is 16.5. The number of ketones is 1. The van der Waals surface area contributed by atoms with E-state index in [2.05, 4.69) is 9.67 Å². The quantitative estimate of drug-likeness (QED) is 0.443. The monoisotopic (exact) mass is 496 g/mol. The fraction of sp³-hybridized carbons (Fsp3) is 0.345. The highest BCUT2D eigenvalue weighted by Gasteiger charge is 2.44. The highest BCUT2D eigenvalue weighted by molar-refractivity contribution is 6.02. The molecular weight excluding hydrogens is 468 g/mol. The predicted octanol–water partition coefficient (Wildman–Crippen LogP) is 4.72. The first-order valence-electron chi connectivity index (χ1n) is 12.9. The van der Waals surface area contributed by atoms with Gasteiger partial charge in [0.1, 0.15) is 17.1 Å². The van der Waals surface area contributed by atoms with Crippen molar-refractivity contribution < 1.29 is 19.4 Å². The molecule has 37 heavy (non-hydrogen) atoms. The summed E-state index contributed by atoms with van der Waals surface area (Å²) < 4.78 is 10.4. The minimum absolute atomic E-state index is 0.0722. The van der Waals surface area contributed by atoms with Crippen molar-refractivity contribution in [3.63, 3.8) is 0 Å². The molecule has 0 radical (unpaired) electrons. The van der Waals surface area contributed by atoms with E-state index in [1.54, 1.807) is 16.9 Å². The van der Waals surface area contributed by atoms with E-state index in [1.165, 1.54) is 0 Å². The molecule has 0 unspecified atom stereocenters. The van der Waals surface area contributed by atoms with Crippen LogP contribution in [0.3, 0.4) is 0 Å². The zero-order chi connectivity index (χ0) is 25.3. The molecule has 2 aliphatic heterocycles. The number of rotatable bonds is 3. The minimum Gasteiger partial charge on any atom is -0.507 e. The van der Waals surface area contributed by atoms with Gasteiger partial charge in [-0.1, -0.05) is 6.07 Å². The number of amides is 1. The van der Waals surface area contributed by atoms with Crippen molar-refractivity contribution in [3.05, 3.63) is 66.1 Å². The lowest BCUT2D eigenvalue weighted by Crippen LogP contribution is -2.52. The summed E-state index contributed by atoms with van der Waals surface area (Å²) in [5, 5.41) is 15.6. The van der Waals surface area contributed by atoms with Crippen LogP contribution in [0, 0.1) is 0 Å². The first-order chi connectivity index (χ1) is 17.9. The van der Waals surface area contributed by atoms with Crippen LogP contribution in [0.4, 0.5) is 0 Å². The molecule has 0 bridgehead atoms. The second kappa shape index (κ2) is 7.96. The van der Waals surface area contributed by atoms with Gasteiger partial charge in [0.2, 0.25) is 0 Å².